The largest absolute Gasteiger partial charge is 0.494 e. The predicted molar refractivity (Wildman–Crippen MR) is 151 cm³/mol. The van der Waals surface area contributed by atoms with E-state index in [0.717, 1.165) is 42.4 Å². The van der Waals surface area contributed by atoms with Gasteiger partial charge in [0.1, 0.15) is 0 Å². The molecule has 1 aliphatic heterocycles. The number of nitrogens with one attached hydrogen (secondary N) is 1. The first-order valence-electron chi connectivity index (χ1n) is 12.7. The van der Waals surface area contributed by atoms with Crippen LogP contribution < -0.4 is 4.31 Å². The number of para-hydroxylation sites is 1. The van der Waals surface area contributed by atoms with Crippen LogP contribution in [-0.4, -0.2) is 61.6 Å². The van der Waals surface area contributed by atoms with Gasteiger partial charge in [-0.25, -0.2) is 13.4 Å². The first kappa shape index (κ1) is 25.0. The van der Waals surface area contributed by atoms with Crippen molar-refractivity contribution in [3.63, 3.8) is 0 Å². The Morgan fingerprint density at radius 1 is 0.946 bits per heavy atom. The number of hydrogen-bond acceptors (Lipinski definition) is 5. The molecule has 0 bridgehead atoms. The number of aromatic hydroxyl groups is 1. The number of anilines is 1. The summed E-state index contributed by atoms with van der Waals surface area (Å²) in [5.41, 5.74) is 4.20. The van der Waals surface area contributed by atoms with E-state index in [0.29, 0.717) is 29.2 Å². The second-order valence-corrected chi connectivity index (χ2v) is 11.5. The highest BCUT2D eigenvalue weighted by atomic mass is 32.2. The molecule has 0 amide bonds. The molecule has 4 aromatic rings. The van der Waals surface area contributed by atoms with Crippen LogP contribution >= 0.6 is 0 Å². The Morgan fingerprint density at radius 3 is 2.35 bits per heavy atom. The highest BCUT2D eigenvalue weighted by molar-refractivity contribution is 7.92. The summed E-state index contributed by atoms with van der Waals surface area (Å²) in [4.78, 5) is 10.2. The number of nitrogens with zero attached hydrogens (tertiary/aromatic N) is 3. The molecule has 192 valence electrons. The summed E-state index contributed by atoms with van der Waals surface area (Å²) in [5, 5.41) is 11.7. The fraction of sp³-hybridized carbons (Fsp3) is 0.276. The minimum absolute atomic E-state index is 0.0555. The smallest absolute Gasteiger partial charge is 0.236 e. The lowest BCUT2D eigenvalue weighted by molar-refractivity contribution is 0.241. The van der Waals surface area contributed by atoms with Crippen LogP contribution in [0.1, 0.15) is 30.4 Å². The number of aliphatic imine (C=N–C) groups is 1. The molecule has 0 aliphatic carbocycles. The number of aromatic amines is 1. The lowest BCUT2D eigenvalue weighted by Gasteiger charge is -2.27. The van der Waals surface area contributed by atoms with E-state index in [2.05, 4.69) is 9.88 Å². The Hall–Kier alpha value is -3.62. The van der Waals surface area contributed by atoms with Crippen LogP contribution in [0.2, 0.25) is 0 Å². The summed E-state index contributed by atoms with van der Waals surface area (Å²) in [6.45, 7) is 2.51. The van der Waals surface area contributed by atoms with Crippen molar-refractivity contribution in [2.75, 3.05) is 36.7 Å². The summed E-state index contributed by atoms with van der Waals surface area (Å²) in [6.07, 6.45) is 3.50. The van der Waals surface area contributed by atoms with E-state index in [9.17, 15) is 13.5 Å². The zero-order chi connectivity index (χ0) is 25.8. The van der Waals surface area contributed by atoms with Gasteiger partial charge in [0.05, 0.1) is 28.4 Å². The average Bonchev–Trinajstić information content (AvgIpc) is 3.27. The molecule has 0 spiro atoms. The van der Waals surface area contributed by atoms with Crippen LogP contribution in [0.5, 0.6) is 5.88 Å². The van der Waals surface area contributed by atoms with Crippen molar-refractivity contribution in [3.05, 3.63) is 90.0 Å². The molecule has 2 heterocycles. The van der Waals surface area contributed by atoms with E-state index >= 15 is 0 Å². The topological polar surface area (TPSA) is 89.0 Å². The summed E-state index contributed by atoms with van der Waals surface area (Å²) in [5.74, 6) is 0.154. The second kappa shape index (κ2) is 10.8. The molecule has 37 heavy (non-hydrogen) atoms. The maximum atomic E-state index is 13.0. The third-order valence-corrected chi connectivity index (χ3v) is 8.70. The molecule has 1 aromatic heterocycles. The van der Waals surface area contributed by atoms with Crippen LogP contribution in [0.4, 0.5) is 11.4 Å². The number of piperidine rings is 1. The second-order valence-electron chi connectivity index (χ2n) is 9.42. The van der Waals surface area contributed by atoms with E-state index in [1.165, 1.54) is 10.7 Å². The minimum Gasteiger partial charge on any atom is -0.494 e. The summed E-state index contributed by atoms with van der Waals surface area (Å²) in [6, 6.07) is 24.6. The quantitative estimate of drug-likeness (QED) is 0.311. The van der Waals surface area contributed by atoms with Gasteiger partial charge in [-0.3, -0.25) is 4.31 Å². The maximum Gasteiger partial charge on any atom is 0.236 e. The van der Waals surface area contributed by atoms with E-state index in [1.54, 1.807) is 31.3 Å². The molecule has 1 aliphatic rings. The molecular formula is C29H32N4O3S. The molecule has 1 fully saturated rings. The van der Waals surface area contributed by atoms with Crippen LogP contribution in [0, 0.1) is 0 Å². The molecule has 2 N–H and O–H groups in total. The van der Waals surface area contributed by atoms with Gasteiger partial charge in [0.2, 0.25) is 10.0 Å². The van der Waals surface area contributed by atoms with Crippen molar-refractivity contribution >= 4 is 38.0 Å². The van der Waals surface area contributed by atoms with Gasteiger partial charge in [0.15, 0.2) is 5.88 Å². The number of rotatable bonds is 8. The molecule has 0 radical (unpaired) electrons. The van der Waals surface area contributed by atoms with Gasteiger partial charge < -0.3 is 15.0 Å². The lowest BCUT2D eigenvalue weighted by atomic mass is 10.0. The molecule has 5 rings (SSSR count). The van der Waals surface area contributed by atoms with Crippen molar-refractivity contribution in [3.8, 4) is 5.88 Å². The molecule has 1 saturated heterocycles. The van der Waals surface area contributed by atoms with Crippen molar-refractivity contribution in [1.82, 2.24) is 9.88 Å². The van der Waals surface area contributed by atoms with Crippen LogP contribution in [-0.2, 0) is 10.0 Å². The Labute approximate surface area is 218 Å². The number of aromatic nitrogens is 1. The lowest BCUT2D eigenvalue weighted by Crippen LogP contribution is -2.38. The fourth-order valence-electron chi connectivity index (χ4n) is 4.82. The minimum atomic E-state index is -3.44. The number of benzene rings is 3. The first-order chi connectivity index (χ1) is 17.9. The summed E-state index contributed by atoms with van der Waals surface area (Å²) >= 11 is 0. The number of fused-ring (bicyclic) bond motifs is 1. The van der Waals surface area contributed by atoms with E-state index in [-0.39, 0.29) is 11.6 Å². The number of H-pyrrole nitrogens is 1. The third-order valence-electron chi connectivity index (χ3n) is 6.96. The highest BCUT2D eigenvalue weighted by Crippen LogP contribution is 2.32. The van der Waals surface area contributed by atoms with Gasteiger partial charge in [-0.1, -0.05) is 55.0 Å². The molecular weight excluding hydrogens is 484 g/mol. The van der Waals surface area contributed by atoms with Gasteiger partial charge in [-0.2, -0.15) is 0 Å². The van der Waals surface area contributed by atoms with E-state index in [4.69, 9.17) is 4.99 Å². The van der Waals surface area contributed by atoms with Gasteiger partial charge >= 0.3 is 0 Å². The zero-order valence-electron chi connectivity index (χ0n) is 21.0. The number of sulfonamides is 1. The first-order valence-corrected chi connectivity index (χ1v) is 14.3. The van der Waals surface area contributed by atoms with Gasteiger partial charge in [0.25, 0.3) is 0 Å². The van der Waals surface area contributed by atoms with E-state index in [1.807, 2.05) is 54.6 Å². The van der Waals surface area contributed by atoms with Crippen molar-refractivity contribution in [2.45, 2.75) is 19.3 Å². The van der Waals surface area contributed by atoms with Gasteiger partial charge in [-0.05, 0) is 56.3 Å². The number of hydrogen-bond donors (Lipinski definition) is 2. The SMILES string of the molecule is CN(c1ccc(N=C(c2ccccc2)c2c(O)[nH]c3ccccc23)cc1)S(=O)(=O)CCN1CCCCC1. The molecule has 0 atom stereocenters. The Bertz CT molecular complexity index is 1490. The standard InChI is InChI=1S/C29H32N4O3S/c1-32(37(35,36)21-20-33-18-8-3-9-19-33)24-16-14-23(15-17-24)30-28(22-10-4-2-5-11-22)27-25-12-6-7-13-26(25)31-29(27)34/h2,4-7,10-17,31,34H,3,8-9,18-21H2,1H3. The Kier molecular flexibility index (Phi) is 7.30. The van der Waals surface area contributed by atoms with Crippen molar-refractivity contribution in [2.24, 2.45) is 4.99 Å². The van der Waals surface area contributed by atoms with Gasteiger partial charge in [0, 0.05) is 30.1 Å². The van der Waals surface area contributed by atoms with Gasteiger partial charge in [-0.15, -0.1) is 0 Å². The predicted octanol–water partition coefficient (Wildman–Crippen LogP) is 5.29. The fourth-order valence-corrected chi connectivity index (χ4v) is 6.03. The molecule has 7 nitrogen and oxygen atoms in total. The van der Waals surface area contributed by atoms with Crippen molar-refractivity contribution in [1.29, 1.82) is 0 Å². The Morgan fingerprint density at radius 2 is 1.62 bits per heavy atom. The van der Waals surface area contributed by atoms with Crippen molar-refractivity contribution < 1.29 is 13.5 Å². The zero-order valence-corrected chi connectivity index (χ0v) is 21.8. The summed E-state index contributed by atoms with van der Waals surface area (Å²) < 4.78 is 27.3. The highest BCUT2D eigenvalue weighted by Gasteiger charge is 2.21. The molecule has 8 heteroatoms. The van der Waals surface area contributed by atoms with Crippen LogP contribution in [0.15, 0.2) is 83.9 Å². The molecule has 0 saturated carbocycles. The third kappa shape index (κ3) is 5.55. The molecule has 3 aromatic carbocycles. The molecule has 0 unspecified atom stereocenters. The number of likely N-dealkylation sites (tertiary alicyclic amines) is 1. The van der Waals surface area contributed by atoms with E-state index < -0.39 is 10.0 Å². The van der Waals surface area contributed by atoms with Crippen LogP contribution in [0.3, 0.4) is 0 Å². The summed E-state index contributed by atoms with van der Waals surface area (Å²) in [7, 11) is -1.84. The Balaban J connectivity index is 1.42. The monoisotopic (exact) mass is 516 g/mol. The maximum absolute atomic E-state index is 13.0. The van der Waals surface area contributed by atoms with Crippen LogP contribution in [0.25, 0.3) is 10.9 Å². The normalized spacial score (nSPS) is 15.2. The average molecular weight is 517 g/mol.